The van der Waals surface area contributed by atoms with Crippen molar-refractivity contribution in [2.45, 2.75) is 31.4 Å². The van der Waals surface area contributed by atoms with E-state index in [1.165, 1.54) is 15.8 Å². The number of nitrogens with one attached hydrogen (secondary N) is 1. The Kier molecular flexibility index (Phi) is 4.17. The Morgan fingerprint density at radius 1 is 1.52 bits per heavy atom. The number of piperidine rings is 1. The van der Waals surface area contributed by atoms with Crippen LogP contribution in [0.3, 0.4) is 0 Å². The highest BCUT2D eigenvalue weighted by molar-refractivity contribution is 5.83. The average Bonchev–Trinajstić information content (AvgIpc) is 2.80. The summed E-state index contributed by atoms with van der Waals surface area (Å²) >= 11 is 0. The lowest BCUT2D eigenvalue weighted by molar-refractivity contribution is -0.139. The Labute approximate surface area is 122 Å². The summed E-state index contributed by atoms with van der Waals surface area (Å²) in [7, 11) is 1.67. The maximum absolute atomic E-state index is 12.2. The molecule has 8 heteroatoms. The SMILES string of the molecule is Cn1cc(C(NC(=O)N2CCCC(C)(O)C2)C(=O)O)cn1. The molecule has 1 aromatic heterocycles. The van der Waals surface area contributed by atoms with Gasteiger partial charge in [-0.3, -0.25) is 4.68 Å². The Morgan fingerprint density at radius 2 is 2.24 bits per heavy atom. The number of aryl methyl sites for hydroxylation is 1. The Hall–Kier alpha value is -2.09. The smallest absolute Gasteiger partial charge is 0.331 e. The van der Waals surface area contributed by atoms with Crippen molar-refractivity contribution in [2.75, 3.05) is 13.1 Å². The van der Waals surface area contributed by atoms with Crippen LogP contribution in [0, 0.1) is 0 Å². The summed E-state index contributed by atoms with van der Waals surface area (Å²) in [6.07, 6.45) is 4.27. The van der Waals surface area contributed by atoms with Gasteiger partial charge in [0.05, 0.1) is 18.3 Å². The number of aliphatic carboxylic acids is 1. The van der Waals surface area contributed by atoms with Crippen LogP contribution in [-0.2, 0) is 11.8 Å². The number of carbonyl (C=O) groups excluding carboxylic acids is 1. The van der Waals surface area contributed by atoms with E-state index >= 15 is 0 Å². The minimum atomic E-state index is -1.15. The Balaban J connectivity index is 2.07. The number of hydrogen-bond donors (Lipinski definition) is 3. The zero-order chi connectivity index (χ0) is 15.6. The first-order chi connectivity index (χ1) is 9.78. The van der Waals surface area contributed by atoms with Crippen LogP contribution in [0.4, 0.5) is 4.79 Å². The third-order valence-electron chi connectivity index (χ3n) is 3.54. The van der Waals surface area contributed by atoms with E-state index in [9.17, 15) is 19.8 Å². The van der Waals surface area contributed by atoms with Gasteiger partial charge >= 0.3 is 12.0 Å². The number of nitrogens with zero attached hydrogens (tertiary/aromatic N) is 3. The van der Waals surface area contributed by atoms with Crippen LogP contribution in [0.5, 0.6) is 0 Å². The van der Waals surface area contributed by atoms with E-state index in [1.54, 1.807) is 20.2 Å². The molecule has 8 nitrogen and oxygen atoms in total. The second-order valence-corrected chi connectivity index (χ2v) is 5.69. The third kappa shape index (κ3) is 3.72. The first-order valence-electron chi connectivity index (χ1n) is 6.78. The lowest BCUT2D eigenvalue weighted by Crippen LogP contribution is -2.52. The van der Waals surface area contributed by atoms with Crippen molar-refractivity contribution in [3.05, 3.63) is 18.0 Å². The zero-order valence-electron chi connectivity index (χ0n) is 12.1. The van der Waals surface area contributed by atoms with Gasteiger partial charge in [-0.1, -0.05) is 0 Å². The molecular weight excluding hydrogens is 276 g/mol. The molecule has 2 atom stereocenters. The van der Waals surface area contributed by atoms with E-state index in [4.69, 9.17) is 0 Å². The number of aromatic nitrogens is 2. The van der Waals surface area contributed by atoms with Crippen LogP contribution in [0.2, 0.25) is 0 Å². The molecule has 1 aliphatic rings. The van der Waals surface area contributed by atoms with Crippen molar-refractivity contribution in [3.63, 3.8) is 0 Å². The number of likely N-dealkylation sites (tertiary alicyclic amines) is 1. The maximum atomic E-state index is 12.2. The van der Waals surface area contributed by atoms with E-state index in [0.717, 1.165) is 0 Å². The molecular formula is C13H20N4O4. The van der Waals surface area contributed by atoms with Gasteiger partial charge in [0, 0.05) is 25.4 Å². The fourth-order valence-corrected chi connectivity index (χ4v) is 2.49. The monoisotopic (exact) mass is 296 g/mol. The van der Waals surface area contributed by atoms with Crippen LogP contribution < -0.4 is 5.32 Å². The maximum Gasteiger partial charge on any atom is 0.331 e. The van der Waals surface area contributed by atoms with Crippen molar-refractivity contribution in [1.29, 1.82) is 0 Å². The summed E-state index contributed by atoms with van der Waals surface area (Å²) < 4.78 is 1.48. The molecule has 1 aromatic rings. The standard InChI is InChI=1S/C13H20N4O4/c1-13(21)4-3-5-17(8-13)12(20)15-10(11(18)19)9-6-14-16(2)7-9/h6-7,10,21H,3-5,8H2,1-2H3,(H,15,20)(H,18,19). The number of rotatable bonds is 3. The average molecular weight is 296 g/mol. The minimum absolute atomic E-state index is 0.193. The number of carboxylic acid groups (broad SMARTS) is 1. The van der Waals surface area contributed by atoms with Crippen LogP contribution in [0.15, 0.2) is 12.4 Å². The second kappa shape index (κ2) is 5.72. The highest BCUT2D eigenvalue weighted by atomic mass is 16.4. The van der Waals surface area contributed by atoms with Crippen molar-refractivity contribution >= 4 is 12.0 Å². The molecule has 0 radical (unpaired) electrons. The molecule has 0 bridgehead atoms. The van der Waals surface area contributed by atoms with Crippen LogP contribution in [0.25, 0.3) is 0 Å². The molecule has 1 aliphatic heterocycles. The molecule has 0 aromatic carbocycles. The zero-order valence-corrected chi connectivity index (χ0v) is 12.1. The van der Waals surface area contributed by atoms with Gasteiger partial charge in [-0.05, 0) is 19.8 Å². The largest absolute Gasteiger partial charge is 0.479 e. The van der Waals surface area contributed by atoms with E-state index < -0.39 is 23.6 Å². The van der Waals surface area contributed by atoms with Gasteiger partial charge in [0.15, 0.2) is 6.04 Å². The molecule has 1 fully saturated rings. The van der Waals surface area contributed by atoms with Crippen LogP contribution in [0.1, 0.15) is 31.4 Å². The van der Waals surface area contributed by atoms with Gasteiger partial charge in [-0.15, -0.1) is 0 Å². The minimum Gasteiger partial charge on any atom is -0.479 e. The van der Waals surface area contributed by atoms with E-state index in [-0.39, 0.29) is 6.54 Å². The van der Waals surface area contributed by atoms with Gasteiger partial charge < -0.3 is 20.4 Å². The molecule has 2 heterocycles. The summed E-state index contributed by atoms with van der Waals surface area (Å²) in [5, 5.41) is 25.7. The van der Waals surface area contributed by atoms with Crippen LogP contribution >= 0.6 is 0 Å². The molecule has 3 N–H and O–H groups in total. The highest BCUT2D eigenvalue weighted by Gasteiger charge is 2.33. The number of carboxylic acids is 1. The highest BCUT2D eigenvalue weighted by Crippen LogP contribution is 2.21. The lowest BCUT2D eigenvalue weighted by Gasteiger charge is -2.37. The third-order valence-corrected chi connectivity index (χ3v) is 3.54. The van der Waals surface area contributed by atoms with Gasteiger partial charge in [0.2, 0.25) is 0 Å². The fourth-order valence-electron chi connectivity index (χ4n) is 2.49. The van der Waals surface area contributed by atoms with E-state index in [1.807, 2.05) is 0 Å². The molecule has 21 heavy (non-hydrogen) atoms. The Bertz CT molecular complexity index is 540. The molecule has 0 spiro atoms. The van der Waals surface area contributed by atoms with Crippen molar-refractivity contribution in [2.24, 2.45) is 7.05 Å². The normalized spacial score (nSPS) is 23.7. The number of carbonyl (C=O) groups is 2. The molecule has 1 saturated heterocycles. The van der Waals surface area contributed by atoms with Gasteiger partial charge in [-0.2, -0.15) is 5.10 Å². The first kappa shape index (κ1) is 15.3. The van der Waals surface area contributed by atoms with Crippen molar-refractivity contribution in [1.82, 2.24) is 20.0 Å². The first-order valence-corrected chi connectivity index (χ1v) is 6.78. The van der Waals surface area contributed by atoms with Gasteiger partial charge in [0.1, 0.15) is 0 Å². The van der Waals surface area contributed by atoms with E-state index in [2.05, 4.69) is 10.4 Å². The van der Waals surface area contributed by atoms with Gasteiger partial charge in [-0.25, -0.2) is 9.59 Å². The van der Waals surface area contributed by atoms with E-state index in [0.29, 0.717) is 24.9 Å². The molecule has 2 amide bonds. The van der Waals surface area contributed by atoms with Crippen LogP contribution in [-0.4, -0.2) is 55.6 Å². The molecule has 0 aliphatic carbocycles. The summed E-state index contributed by atoms with van der Waals surface area (Å²) in [4.78, 5) is 25.0. The van der Waals surface area contributed by atoms with Crippen molar-refractivity contribution in [3.8, 4) is 0 Å². The molecule has 116 valence electrons. The summed E-state index contributed by atoms with van der Waals surface area (Å²) in [6, 6.07) is -1.65. The van der Waals surface area contributed by atoms with Gasteiger partial charge in [0.25, 0.3) is 0 Å². The molecule has 2 rings (SSSR count). The number of hydrogen-bond acceptors (Lipinski definition) is 4. The molecule has 2 unspecified atom stereocenters. The number of β-amino-alcohol motifs (C(OH)–C–C–N with tert-alkyl or cyclic N) is 1. The molecule has 0 saturated carbocycles. The summed E-state index contributed by atoms with van der Waals surface area (Å²) in [5.74, 6) is -1.15. The predicted molar refractivity (Wildman–Crippen MR) is 73.5 cm³/mol. The summed E-state index contributed by atoms with van der Waals surface area (Å²) in [5.41, 5.74) is -0.523. The van der Waals surface area contributed by atoms with Crippen molar-refractivity contribution < 1.29 is 19.8 Å². The fraction of sp³-hybridized carbons (Fsp3) is 0.615. The number of amides is 2. The summed E-state index contributed by atoms with van der Waals surface area (Å²) in [6.45, 7) is 2.36. The Morgan fingerprint density at radius 3 is 2.76 bits per heavy atom. The second-order valence-electron chi connectivity index (χ2n) is 5.69. The number of aliphatic hydroxyl groups is 1. The topological polar surface area (TPSA) is 108 Å². The lowest BCUT2D eigenvalue weighted by atomic mass is 9.95. The quantitative estimate of drug-likeness (QED) is 0.733. The predicted octanol–water partition coefficient (Wildman–Crippen LogP) is 0.102. The number of urea groups is 1.